The molecule has 0 aliphatic rings. The van der Waals surface area contributed by atoms with Gasteiger partial charge in [0.1, 0.15) is 5.52 Å². The summed E-state index contributed by atoms with van der Waals surface area (Å²) in [5.74, 6) is 0.364. The summed E-state index contributed by atoms with van der Waals surface area (Å²) in [6, 6.07) is 7.34. The summed E-state index contributed by atoms with van der Waals surface area (Å²) in [4.78, 5) is 8.66. The molecule has 0 amide bonds. The maximum Gasteiger partial charge on any atom is 0.207 e. The van der Waals surface area contributed by atoms with Gasteiger partial charge in [-0.1, -0.05) is 11.6 Å². The van der Waals surface area contributed by atoms with Crippen LogP contribution in [0, 0.1) is 0 Å². The molecule has 0 fully saturated rings. The lowest BCUT2D eigenvalue weighted by Gasteiger charge is -2.08. The minimum absolute atomic E-state index is 0.364. The van der Waals surface area contributed by atoms with Crippen LogP contribution in [0.5, 0.6) is 0 Å². The zero-order valence-corrected chi connectivity index (χ0v) is 13.4. The summed E-state index contributed by atoms with van der Waals surface area (Å²) < 4.78 is 3.49. The number of fused-ring (bicyclic) bond motifs is 1. The first-order chi connectivity index (χ1) is 9.06. The van der Waals surface area contributed by atoms with Crippen molar-refractivity contribution in [2.45, 2.75) is 0 Å². The Morgan fingerprint density at radius 1 is 1.21 bits per heavy atom. The molecule has 3 aromatic rings. The van der Waals surface area contributed by atoms with Gasteiger partial charge < -0.3 is 5.73 Å². The third-order valence-corrected chi connectivity index (χ3v) is 3.98. The number of aromatic nitrogens is 3. The van der Waals surface area contributed by atoms with Crippen molar-refractivity contribution in [3.63, 3.8) is 0 Å². The number of hydrogen-bond donors (Lipinski definition) is 1. The minimum Gasteiger partial charge on any atom is -0.369 e. The van der Waals surface area contributed by atoms with E-state index >= 15 is 0 Å². The third kappa shape index (κ3) is 2.24. The molecule has 7 heteroatoms. The van der Waals surface area contributed by atoms with Gasteiger partial charge in [0, 0.05) is 20.2 Å². The maximum atomic E-state index is 6.04. The Labute approximate surface area is 130 Å². The third-order valence-electron chi connectivity index (χ3n) is 2.64. The fourth-order valence-corrected chi connectivity index (χ4v) is 2.76. The summed E-state index contributed by atoms with van der Waals surface area (Å²) in [6.07, 6.45) is 1.71. The van der Waals surface area contributed by atoms with Gasteiger partial charge >= 0.3 is 0 Å². The van der Waals surface area contributed by atoms with Crippen molar-refractivity contribution in [2.24, 2.45) is 0 Å². The van der Waals surface area contributed by atoms with Gasteiger partial charge in [0.2, 0.25) is 5.95 Å². The minimum atomic E-state index is 0.364. The number of nitrogen functional groups attached to an aromatic ring is 1. The van der Waals surface area contributed by atoms with E-state index in [4.69, 9.17) is 17.3 Å². The highest BCUT2D eigenvalue weighted by molar-refractivity contribution is 9.10. The second kappa shape index (κ2) is 4.77. The van der Waals surface area contributed by atoms with Gasteiger partial charge in [-0.3, -0.25) is 4.57 Å². The van der Waals surface area contributed by atoms with E-state index in [2.05, 4.69) is 41.8 Å². The van der Waals surface area contributed by atoms with E-state index in [1.54, 1.807) is 16.8 Å². The highest BCUT2D eigenvalue weighted by Crippen LogP contribution is 2.30. The normalized spacial score (nSPS) is 11.1. The smallest absolute Gasteiger partial charge is 0.207 e. The first-order valence-electron chi connectivity index (χ1n) is 5.31. The average Bonchev–Trinajstić information content (AvgIpc) is 2.67. The highest BCUT2D eigenvalue weighted by Gasteiger charge is 2.14. The van der Waals surface area contributed by atoms with Gasteiger partial charge in [0.05, 0.1) is 5.69 Å². The average molecular weight is 402 g/mol. The Hall–Kier alpha value is -1.11. The van der Waals surface area contributed by atoms with Gasteiger partial charge in [-0.25, -0.2) is 9.97 Å². The molecule has 19 heavy (non-hydrogen) atoms. The number of benzene rings is 1. The summed E-state index contributed by atoms with van der Waals surface area (Å²) in [5.41, 5.74) is 8.20. The summed E-state index contributed by atoms with van der Waals surface area (Å²) in [6.45, 7) is 0. The van der Waals surface area contributed by atoms with E-state index in [0.29, 0.717) is 16.6 Å². The lowest BCUT2D eigenvalue weighted by atomic mass is 10.3. The molecule has 0 bridgehead atoms. The van der Waals surface area contributed by atoms with Crippen LogP contribution in [0.2, 0.25) is 5.02 Å². The van der Waals surface area contributed by atoms with Crippen molar-refractivity contribution in [2.75, 3.05) is 5.73 Å². The molecule has 0 aliphatic carbocycles. The monoisotopic (exact) mass is 400 g/mol. The standard InChI is InChI=1S/C12H7Br2ClN4/c13-6-3-9-11(17-5-6)19(12(16)18-9)10-4-7(15)1-2-8(10)14/h1-5H,(H2,16,18). The molecule has 1 aromatic carbocycles. The molecule has 0 atom stereocenters. The molecule has 0 unspecified atom stereocenters. The van der Waals surface area contributed by atoms with Crippen LogP contribution in [0.25, 0.3) is 16.9 Å². The summed E-state index contributed by atoms with van der Waals surface area (Å²) in [5, 5.41) is 0.622. The summed E-state index contributed by atoms with van der Waals surface area (Å²) in [7, 11) is 0. The van der Waals surface area contributed by atoms with E-state index in [9.17, 15) is 0 Å². The van der Waals surface area contributed by atoms with Crippen molar-refractivity contribution < 1.29 is 0 Å². The first-order valence-corrected chi connectivity index (χ1v) is 7.27. The largest absolute Gasteiger partial charge is 0.369 e. The van der Waals surface area contributed by atoms with Crippen LogP contribution >= 0.6 is 43.5 Å². The fraction of sp³-hybridized carbons (Fsp3) is 0. The molecule has 0 aliphatic heterocycles. The number of hydrogen-bond acceptors (Lipinski definition) is 3. The van der Waals surface area contributed by atoms with Gasteiger partial charge in [0.15, 0.2) is 5.65 Å². The Morgan fingerprint density at radius 2 is 2.00 bits per heavy atom. The molecule has 2 N–H and O–H groups in total. The molecule has 2 heterocycles. The van der Waals surface area contributed by atoms with E-state index in [1.807, 2.05) is 18.2 Å². The molecule has 0 saturated carbocycles. The number of pyridine rings is 1. The molecule has 4 nitrogen and oxygen atoms in total. The Morgan fingerprint density at radius 3 is 2.79 bits per heavy atom. The van der Waals surface area contributed by atoms with Crippen LogP contribution in [0.1, 0.15) is 0 Å². The topological polar surface area (TPSA) is 56.7 Å². The van der Waals surface area contributed by atoms with Crippen LogP contribution in [-0.2, 0) is 0 Å². The zero-order valence-electron chi connectivity index (χ0n) is 9.44. The lowest BCUT2D eigenvalue weighted by molar-refractivity contribution is 1.08. The van der Waals surface area contributed by atoms with Crippen LogP contribution in [0.15, 0.2) is 39.4 Å². The van der Waals surface area contributed by atoms with Gasteiger partial charge in [-0.05, 0) is 56.1 Å². The van der Waals surface area contributed by atoms with E-state index in [0.717, 1.165) is 20.1 Å². The lowest BCUT2D eigenvalue weighted by Crippen LogP contribution is -2.02. The predicted molar refractivity (Wildman–Crippen MR) is 83.7 cm³/mol. The van der Waals surface area contributed by atoms with Gasteiger partial charge in [-0.2, -0.15) is 0 Å². The van der Waals surface area contributed by atoms with Crippen molar-refractivity contribution in [3.05, 3.63) is 44.4 Å². The quantitative estimate of drug-likeness (QED) is 0.664. The zero-order chi connectivity index (χ0) is 13.6. The van der Waals surface area contributed by atoms with Gasteiger partial charge in [-0.15, -0.1) is 0 Å². The SMILES string of the molecule is Nc1nc2cc(Br)cnc2n1-c1cc(Cl)ccc1Br. The maximum absolute atomic E-state index is 6.04. The molecule has 0 saturated heterocycles. The van der Waals surface area contributed by atoms with Crippen molar-refractivity contribution >= 4 is 60.6 Å². The van der Waals surface area contributed by atoms with E-state index in [-0.39, 0.29) is 0 Å². The second-order valence-electron chi connectivity index (χ2n) is 3.90. The molecule has 0 radical (unpaired) electrons. The molecule has 2 aromatic heterocycles. The Bertz CT molecular complexity index is 785. The van der Waals surface area contributed by atoms with Gasteiger partial charge in [0.25, 0.3) is 0 Å². The molecule has 96 valence electrons. The first kappa shape index (κ1) is 12.9. The van der Waals surface area contributed by atoms with Crippen LogP contribution < -0.4 is 5.73 Å². The fourth-order valence-electron chi connectivity index (χ4n) is 1.85. The van der Waals surface area contributed by atoms with Crippen molar-refractivity contribution in [1.82, 2.24) is 14.5 Å². The summed E-state index contributed by atoms with van der Waals surface area (Å²) >= 11 is 12.9. The van der Waals surface area contributed by atoms with E-state index < -0.39 is 0 Å². The Balaban J connectivity index is 2.36. The molecule has 0 spiro atoms. The molecule has 3 rings (SSSR count). The number of imidazole rings is 1. The van der Waals surface area contributed by atoms with Crippen LogP contribution in [0.3, 0.4) is 0 Å². The number of halogens is 3. The molecular weight excluding hydrogens is 395 g/mol. The Kier molecular flexibility index (Phi) is 3.24. The number of anilines is 1. The second-order valence-corrected chi connectivity index (χ2v) is 6.10. The van der Waals surface area contributed by atoms with E-state index in [1.165, 1.54) is 0 Å². The number of nitrogens with two attached hydrogens (primary N) is 1. The molecular formula is C12H7Br2ClN4. The van der Waals surface area contributed by atoms with Crippen molar-refractivity contribution in [1.29, 1.82) is 0 Å². The number of nitrogens with zero attached hydrogens (tertiary/aromatic N) is 3. The van der Waals surface area contributed by atoms with Crippen LogP contribution in [0.4, 0.5) is 5.95 Å². The predicted octanol–water partition coefficient (Wildman–Crippen LogP) is 4.18. The highest BCUT2D eigenvalue weighted by atomic mass is 79.9. The van der Waals surface area contributed by atoms with Crippen molar-refractivity contribution in [3.8, 4) is 5.69 Å². The van der Waals surface area contributed by atoms with Crippen LogP contribution in [-0.4, -0.2) is 14.5 Å². The number of rotatable bonds is 1.